The molecule has 0 saturated carbocycles. The predicted octanol–water partition coefficient (Wildman–Crippen LogP) is -2.19. The first-order valence-corrected chi connectivity index (χ1v) is 9.77. The molecule has 3 rings (SSSR count). The average molecular weight is 580 g/mol. The van der Waals surface area contributed by atoms with Gasteiger partial charge in [-0.1, -0.05) is 6.58 Å². The number of hydrogen-bond donors (Lipinski definition) is 9. The van der Waals surface area contributed by atoms with Crippen LogP contribution in [0.25, 0.3) is 0 Å². The van der Waals surface area contributed by atoms with E-state index < -0.39 is 0 Å². The molecule has 20 nitrogen and oxygen atoms in total. The number of nitrogen functional groups attached to an aromatic ring is 5. The van der Waals surface area contributed by atoms with Crippen molar-refractivity contribution in [1.82, 2.24) is 50.2 Å². The molecule has 0 amide bonds. The Kier molecular flexibility index (Phi) is 7.04. The molecule has 0 aromatic carbocycles. The van der Waals surface area contributed by atoms with E-state index in [1.54, 1.807) is 22.6 Å². The van der Waals surface area contributed by atoms with Gasteiger partial charge in [0.2, 0.25) is 53.5 Å². The van der Waals surface area contributed by atoms with E-state index >= 15 is 0 Å². The summed E-state index contributed by atoms with van der Waals surface area (Å²) in [5.41, 5.74) is 33.6. The Hall–Kier alpha value is -4.96. The van der Waals surface area contributed by atoms with Gasteiger partial charge in [0.25, 0.3) is 5.95 Å². The zero-order chi connectivity index (χ0) is 24.8. The molecule has 0 bridgehead atoms. The van der Waals surface area contributed by atoms with Gasteiger partial charge in [0, 0.05) is 0 Å². The topological polar surface area (TPSA) is 333 Å². The fourth-order valence-electron chi connectivity index (χ4n) is 2.09. The van der Waals surface area contributed by atoms with Crippen LogP contribution in [0.5, 0.6) is 0 Å². The van der Waals surface area contributed by atoms with E-state index in [0.29, 0.717) is 0 Å². The van der Waals surface area contributed by atoms with Crippen molar-refractivity contribution in [3.63, 3.8) is 0 Å². The Balaban J connectivity index is 1.79. The maximum absolute atomic E-state index is 5.74. The standard InChI is InChI=1S/C13H17IN20/c1-2(21-9(23-3(14)15)32-11-26-4(16)24-5(17)27-11)22-10-30-8(20)31-13(33-10)34-12-28-6(18)25-7(19)29-12/h1H2,(H7,15,16,17,21,23,24,26,27,32)(H8,18,19,20,22,25,28,29,30,31,33,34). The van der Waals surface area contributed by atoms with Crippen molar-refractivity contribution in [2.24, 2.45) is 15.7 Å². The number of halogens is 1. The minimum atomic E-state index is -0.137. The molecule has 176 valence electrons. The predicted molar refractivity (Wildman–Crippen MR) is 133 cm³/mol. The molecule has 0 aliphatic heterocycles. The molecule has 0 spiro atoms. The Bertz CT molecular complexity index is 1240. The van der Waals surface area contributed by atoms with Crippen LogP contribution < -0.4 is 50.4 Å². The summed E-state index contributed by atoms with van der Waals surface area (Å²) in [6.45, 7) is 3.79. The summed E-state index contributed by atoms with van der Waals surface area (Å²) in [5, 5.41) is 8.19. The Labute approximate surface area is 203 Å². The van der Waals surface area contributed by atoms with Gasteiger partial charge >= 0.3 is 0 Å². The van der Waals surface area contributed by atoms with Crippen molar-refractivity contribution in [1.29, 1.82) is 0 Å². The van der Waals surface area contributed by atoms with Gasteiger partial charge in [-0.25, -0.2) is 0 Å². The molecule has 0 unspecified atom stereocenters. The molecular formula is C13H17IN20. The lowest BCUT2D eigenvalue weighted by atomic mass is 10.7. The zero-order valence-electron chi connectivity index (χ0n) is 17.0. The second-order valence-corrected chi connectivity index (χ2v) is 6.90. The molecule has 0 fully saturated rings. The minimum Gasteiger partial charge on any atom is -0.379 e. The quantitative estimate of drug-likeness (QED) is 0.0646. The number of guanidine groups is 1. The molecule has 0 atom stereocenters. The van der Waals surface area contributed by atoms with Gasteiger partial charge in [-0.2, -0.15) is 54.8 Å². The van der Waals surface area contributed by atoms with Crippen LogP contribution in [0.4, 0.5) is 53.5 Å². The summed E-state index contributed by atoms with van der Waals surface area (Å²) in [4.78, 5) is 42.9. The van der Waals surface area contributed by atoms with E-state index in [2.05, 4.69) is 77.4 Å². The molecule has 15 N–H and O–H groups in total. The lowest BCUT2D eigenvalue weighted by Gasteiger charge is -2.12. The highest BCUT2D eigenvalue weighted by Gasteiger charge is 2.11. The first-order valence-electron chi connectivity index (χ1n) is 8.69. The van der Waals surface area contributed by atoms with Gasteiger partial charge in [0.1, 0.15) is 5.82 Å². The molecular weight excluding hydrogens is 563 g/mol. The third-order valence-corrected chi connectivity index (χ3v) is 3.39. The largest absolute Gasteiger partial charge is 0.379 e. The number of nitrogens with two attached hydrogens (primary N) is 6. The van der Waals surface area contributed by atoms with E-state index in [9.17, 15) is 0 Å². The number of aliphatic imine (C=N–C) groups is 2. The van der Waals surface area contributed by atoms with E-state index in [0.717, 1.165) is 0 Å². The molecule has 21 heteroatoms. The van der Waals surface area contributed by atoms with Gasteiger partial charge < -0.3 is 45.0 Å². The van der Waals surface area contributed by atoms with Gasteiger partial charge in [-0.3, -0.25) is 5.32 Å². The summed E-state index contributed by atoms with van der Waals surface area (Å²) < 4.78 is 0.137. The normalized spacial score (nSPS) is 11.7. The molecule has 0 saturated heterocycles. The van der Waals surface area contributed by atoms with Crippen LogP contribution in [-0.2, 0) is 0 Å². The molecule has 3 heterocycles. The van der Waals surface area contributed by atoms with Gasteiger partial charge in [-0.15, -0.1) is 0 Å². The molecule has 0 aliphatic carbocycles. The van der Waals surface area contributed by atoms with E-state index in [1.807, 2.05) is 0 Å². The maximum atomic E-state index is 5.74. The smallest absolute Gasteiger partial charge is 0.259 e. The Morgan fingerprint density at radius 2 is 1.18 bits per heavy atom. The number of rotatable bonds is 6. The van der Waals surface area contributed by atoms with Crippen molar-refractivity contribution in [2.45, 2.75) is 0 Å². The summed E-state index contributed by atoms with van der Waals surface area (Å²) in [7, 11) is 0. The third-order valence-electron chi connectivity index (χ3n) is 3.15. The Morgan fingerprint density at radius 3 is 1.74 bits per heavy atom. The van der Waals surface area contributed by atoms with E-state index in [-0.39, 0.29) is 69.2 Å². The van der Waals surface area contributed by atoms with Crippen molar-refractivity contribution in [3.05, 3.63) is 12.4 Å². The maximum Gasteiger partial charge on any atom is 0.259 e. The SMILES string of the molecule is C=C(NC(N=C(N)I)=Nc1nc(N)nc(N)n1)Nc1nc(N)nc(Nc2nc(N)nc(N)n2)n1. The summed E-state index contributed by atoms with van der Waals surface area (Å²) in [6, 6.07) is 0. The highest BCUT2D eigenvalue weighted by Crippen LogP contribution is 2.13. The van der Waals surface area contributed by atoms with Crippen LogP contribution in [0, 0.1) is 0 Å². The molecule has 3 aromatic heterocycles. The molecule has 0 radical (unpaired) electrons. The molecule has 3 aromatic rings. The van der Waals surface area contributed by atoms with E-state index in [1.165, 1.54) is 0 Å². The highest BCUT2D eigenvalue weighted by atomic mass is 127. The first-order chi connectivity index (χ1) is 16.0. The van der Waals surface area contributed by atoms with Crippen molar-refractivity contribution >= 4 is 85.9 Å². The second-order valence-electron chi connectivity index (χ2n) is 5.79. The van der Waals surface area contributed by atoms with Crippen LogP contribution in [-0.4, -0.2) is 54.7 Å². The third kappa shape index (κ3) is 7.04. The van der Waals surface area contributed by atoms with Crippen LogP contribution >= 0.6 is 22.6 Å². The number of amidine groups is 1. The van der Waals surface area contributed by atoms with Crippen LogP contribution in [0.2, 0.25) is 0 Å². The highest BCUT2D eigenvalue weighted by molar-refractivity contribution is 14.1. The second kappa shape index (κ2) is 10.1. The van der Waals surface area contributed by atoms with Gasteiger partial charge in [0.15, 0.2) is 3.84 Å². The fraction of sp³-hybridized carbons (Fsp3) is 0. The summed E-state index contributed by atoms with van der Waals surface area (Å²) in [5.74, 6) is -0.701. The lowest BCUT2D eigenvalue weighted by Crippen LogP contribution is -2.27. The first kappa shape index (κ1) is 23.7. The van der Waals surface area contributed by atoms with Crippen LogP contribution in [0.15, 0.2) is 22.4 Å². The number of hydrogen-bond acceptors (Lipinski definition) is 17. The van der Waals surface area contributed by atoms with E-state index in [4.69, 9.17) is 34.4 Å². The monoisotopic (exact) mass is 580 g/mol. The summed E-state index contributed by atoms with van der Waals surface area (Å²) in [6.07, 6.45) is 0. The average Bonchev–Trinajstić information content (AvgIpc) is 2.64. The number of nitrogens with one attached hydrogen (secondary N) is 3. The number of nitrogens with zero attached hydrogens (tertiary/aromatic N) is 11. The minimum absolute atomic E-state index is 0.00400. The van der Waals surface area contributed by atoms with Crippen LogP contribution in [0.1, 0.15) is 0 Å². The molecule has 34 heavy (non-hydrogen) atoms. The number of anilines is 8. The van der Waals surface area contributed by atoms with Gasteiger partial charge in [0.05, 0.1) is 0 Å². The lowest BCUT2D eigenvalue weighted by molar-refractivity contribution is 1.01. The molecule has 0 aliphatic rings. The van der Waals surface area contributed by atoms with Crippen molar-refractivity contribution in [3.8, 4) is 0 Å². The zero-order valence-corrected chi connectivity index (χ0v) is 19.1. The number of aromatic nitrogens is 9. The van der Waals surface area contributed by atoms with Crippen molar-refractivity contribution in [2.75, 3.05) is 39.3 Å². The summed E-state index contributed by atoms with van der Waals surface area (Å²) >= 11 is 1.77. The fourth-order valence-corrected chi connectivity index (χ4v) is 2.32. The van der Waals surface area contributed by atoms with Crippen molar-refractivity contribution < 1.29 is 0 Å². The van der Waals surface area contributed by atoms with Crippen LogP contribution in [0.3, 0.4) is 0 Å². The van der Waals surface area contributed by atoms with Gasteiger partial charge in [-0.05, 0) is 22.6 Å². The Morgan fingerprint density at radius 1 is 0.706 bits per heavy atom.